The summed E-state index contributed by atoms with van der Waals surface area (Å²) in [5, 5.41) is 1.36. The monoisotopic (exact) mass is 421 g/mol. The van der Waals surface area contributed by atoms with Crippen LogP contribution in [0.5, 0.6) is 0 Å². The molecule has 3 heterocycles. The molecule has 1 atom stereocenters. The number of hydrogen-bond donors (Lipinski definition) is 1. The van der Waals surface area contributed by atoms with Crippen LogP contribution in [0.4, 0.5) is 0 Å². The van der Waals surface area contributed by atoms with Crippen molar-refractivity contribution in [1.82, 2.24) is 15.0 Å². The van der Waals surface area contributed by atoms with E-state index in [1.807, 2.05) is 52.0 Å². The second kappa shape index (κ2) is 7.65. The number of H-pyrrole nitrogens is 1. The van der Waals surface area contributed by atoms with E-state index >= 15 is 0 Å². The van der Waals surface area contributed by atoms with Gasteiger partial charge in [0.05, 0.1) is 16.5 Å². The summed E-state index contributed by atoms with van der Waals surface area (Å²) in [6, 6.07) is 7.54. The Morgan fingerprint density at radius 1 is 1.17 bits per heavy atom. The third kappa shape index (κ3) is 3.29. The van der Waals surface area contributed by atoms with Crippen molar-refractivity contribution in [2.24, 2.45) is 0 Å². The number of rotatable bonds is 4. The van der Waals surface area contributed by atoms with E-state index in [1.165, 1.54) is 11.3 Å². The molecule has 1 aromatic carbocycles. The highest BCUT2D eigenvalue weighted by atomic mass is 32.1. The summed E-state index contributed by atoms with van der Waals surface area (Å²) in [4.78, 5) is 39.5. The van der Waals surface area contributed by atoms with E-state index in [-0.39, 0.29) is 5.56 Å². The van der Waals surface area contributed by atoms with Crippen LogP contribution in [0.15, 0.2) is 29.1 Å². The molecule has 0 aliphatic carbocycles. The topological polar surface area (TPSA) is 84.9 Å². The number of hydrogen-bond acceptors (Lipinski definition) is 6. The first kappa shape index (κ1) is 20.2. The fourth-order valence-corrected chi connectivity index (χ4v) is 4.74. The number of para-hydroxylation sites is 1. The molecule has 0 unspecified atom stereocenters. The average molecular weight is 422 g/mol. The standard InChI is InChI=1S/C23H23N3O3S/c1-6-16-12(3)18(15-9-7-8-10-17(15)24-16)23(28)29-13(4)20-25-21(27)19-11(2)14(5)30-22(19)26-20/h7-10,13H,6H2,1-5H3,(H,25,26,27)/t13-/m1/s1. The van der Waals surface area contributed by atoms with Crippen molar-refractivity contribution >= 4 is 38.4 Å². The predicted molar refractivity (Wildman–Crippen MR) is 119 cm³/mol. The first-order chi connectivity index (χ1) is 14.3. The second-order valence-corrected chi connectivity index (χ2v) is 8.59. The fourth-order valence-electron chi connectivity index (χ4n) is 3.70. The number of aryl methyl sites for hydroxylation is 3. The van der Waals surface area contributed by atoms with Crippen molar-refractivity contribution in [3.63, 3.8) is 0 Å². The number of esters is 1. The highest BCUT2D eigenvalue weighted by Crippen LogP contribution is 2.29. The number of thiophene rings is 1. The van der Waals surface area contributed by atoms with Crippen molar-refractivity contribution in [3.05, 3.63) is 67.7 Å². The van der Waals surface area contributed by atoms with Crippen molar-refractivity contribution in [2.75, 3.05) is 0 Å². The van der Waals surface area contributed by atoms with E-state index in [0.717, 1.165) is 39.0 Å². The smallest absolute Gasteiger partial charge is 0.339 e. The van der Waals surface area contributed by atoms with Gasteiger partial charge in [0.2, 0.25) is 0 Å². The van der Waals surface area contributed by atoms with Crippen LogP contribution in [0.3, 0.4) is 0 Å². The predicted octanol–water partition coefficient (Wildman–Crippen LogP) is 4.94. The Labute approximate surface area is 178 Å². The zero-order chi connectivity index (χ0) is 21.6. The molecule has 0 saturated heterocycles. The maximum atomic E-state index is 13.2. The highest BCUT2D eigenvalue weighted by molar-refractivity contribution is 7.18. The minimum absolute atomic E-state index is 0.210. The van der Waals surface area contributed by atoms with Crippen LogP contribution in [0.25, 0.3) is 21.1 Å². The quantitative estimate of drug-likeness (QED) is 0.472. The van der Waals surface area contributed by atoms with E-state index in [0.29, 0.717) is 21.6 Å². The zero-order valence-electron chi connectivity index (χ0n) is 17.6. The summed E-state index contributed by atoms with van der Waals surface area (Å²) in [5.41, 5.74) is 3.68. The molecule has 30 heavy (non-hydrogen) atoms. The van der Waals surface area contributed by atoms with Crippen molar-refractivity contribution in [1.29, 1.82) is 0 Å². The highest BCUT2D eigenvalue weighted by Gasteiger charge is 2.23. The van der Waals surface area contributed by atoms with E-state index < -0.39 is 12.1 Å². The molecule has 0 fully saturated rings. The maximum Gasteiger partial charge on any atom is 0.339 e. The lowest BCUT2D eigenvalue weighted by atomic mass is 10.0. The summed E-state index contributed by atoms with van der Waals surface area (Å²) < 4.78 is 5.76. The first-order valence-electron chi connectivity index (χ1n) is 9.90. The number of benzene rings is 1. The van der Waals surface area contributed by atoms with Gasteiger partial charge in [-0.1, -0.05) is 25.1 Å². The molecule has 7 heteroatoms. The Hall–Kier alpha value is -3.06. The molecule has 0 aliphatic rings. The first-order valence-corrected chi connectivity index (χ1v) is 10.7. The third-order valence-corrected chi connectivity index (χ3v) is 6.60. The average Bonchev–Trinajstić information content (AvgIpc) is 3.01. The Kier molecular flexibility index (Phi) is 5.15. The van der Waals surface area contributed by atoms with Crippen LogP contribution in [0.2, 0.25) is 0 Å². The molecule has 154 valence electrons. The number of carbonyl (C=O) groups is 1. The summed E-state index contributed by atoms with van der Waals surface area (Å²) in [7, 11) is 0. The number of nitrogens with zero attached hydrogens (tertiary/aromatic N) is 2. The van der Waals surface area contributed by atoms with Crippen molar-refractivity contribution < 1.29 is 9.53 Å². The van der Waals surface area contributed by atoms with Crippen LogP contribution >= 0.6 is 11.3 Å². The molecule has 0 spiro atoms. The molecule has 3 aromatic heterocycles. The molecular formula is C23H23N3O3S. The molecule has 1 N–H and O–H groups in total. The largest absolute Gasteiger partial charge is 0.451 e. The van der Waals surface area contributed by atoms with E-state index in [4.69, 9.17) is 4.74 Å². The number of nitrogens with one attached hydrogen (secondary N) is 1. The minimum Gasteiger partial charge on any atom is -0.451 e. The Balaban J connectivity index is 1.74. The van der Waals surface area contributed by atoms with Gasteiger partial charge in [-0.2, -0.15) is 0 Å². The van der Waals surface area contributed by atoms with Gasteiger partial charge in [-0.3, -0.25) is 9.78 Å². The van der Waals surface area contributed by atoms with Gasteiger partial charge in [0.1, 0.15) is 4.83 Å². The van der Waals surface area contributed by atoms with Gasteiger partial charge in [0.15, 0.2) is 11.9 Å². The fraction of sp³-hybridized carbons (Fsp3) is 0.304. The van der Waals surface area contributed by atoms with Crippen LogP contribution in [-0.4, -0.2) is 20.9 Å². The van der Waals surface area contributed by atoms with Gasteiger partial charge >= 0.3 is 5.97 Å². The van der Waals surface area contributed by atoms with Gasteiger partial charge in [0, 0.05) is 16.0 Å². The summed E-state index contributed by atoms with van der Waals surface area (Å²) in [5.74, 6) is -0.108. The summed E-state index contributed by atoms with van der Waals surface area (Å²) in [6.45, 7) is 9.50. The lowest BCUT2D eigenvalue weighted by Gasteiger charge is -2.16. The molecule has 0 radical (unpaired) electrons. The van der Waals surface area contributed by atoms with Crippen molar-refractivity contribution in [2.45, 2.75) is 47.1 Å². The lowest BCUT2D eigenvalue weighted by molar-refractivity contribution is 0.0321. The molecule has 0 bridgehead atoms. The van der Waals surface area contributed by atoms with Crippen LogP contribution in [0, 0.1) is 20.8 Å². The zero-order valence-corrected chi connectivity index (χ0v) is 18.4. The van der Waals surface area contributed by atoms with Gasteiger partial charge < -0.3 is 9.72 Å². The van der Waals surface area contributed by atoms with Gasteiger partial charge in [-0.15, -0.1) is 11.3 Å². The number of carbonyl (C=O) groups excluding carboxylic acids is 1. The van der Waals surface area contributed by atoms with Crippen LogP contribution < -0.4 is 5.56 Å². The third-order valence-electron chi connectivity index (χ3n) is 5.50. The SMILES string of the molecule is CCc1nc2ccccc2c(C(=O)O[C@H](C)c2nc3sc(C)c(C)c3c(=O)[nH]2)c1C. The number of fused-ring (bicyclic) bond motifs is 2. The van der Waals surface area contributed by atoms with Gasteiger partial charge in [-0.05, 0) is 51.3 Å². The number of pyridine rings is 1. The van der Waals surface area contributed by atoms with Gasteiger partial charge in [-0.25, -0.2) is 9.78 Å². The normalized spacial score (nSPS) is 12.4. The van der Waals surface area contributed by atoms with Crippen LogP contribution in [0.1, 0.15) is 57.8 Å². The van der Waals surface area contributed by atoms with E-state index in [1.54, 1.807) is 6.92 Å². The number of ether oxygens (including phenoxy) is 1. The summed E-state index contributed by atoms with van der Waals surface area (Å²) in [6.07, 6.45) is 0.0171. The molecule has 4 aromatic rings. The molecule has 4 rings (SSSR count). The molecular weight excluding hydrogens is 398 g/mol. The van der Waals surface area contributed by atoms with Crippen molar-refractivity contribution in [3.8, 4) is 0 Å². The lowest BCUT2D eigenvalue weighted by Crippen LogP contribution is -2.18. The second-order valence-electron chi connectivity index (χ2n) is 7.39. The van der Waals surface area contributed by atoms with Crippen LogP contribution in [-0.2, 0) is 11.2 Å². The number of aromatic amines is 1. The van der Waals surface area contributed by atoms with E-state index in [2.05, 4.69) is 15.0 Å². The Morgan fingerprint density at radius 3 is 2.63 bits per heavy atom. The molecule has 0 saturated carbocycles. The maximum absolute atomic E-state index is 13.2. The Bertz CT molecular complexity index is 1350. The summed E-state index contributed by atoms with van der Waals surface area (Å²) >= 11 is 1.47. The minimum atomic E-state index is -0.700. The van der Waals surface area contributed by atoms with E-state index in [9.17, 15) is 9.59 Å². The number of aromatic nitrogens is 3. The Morgan fingerprint density at radius 2 is 1.90 bits per heavy atom. The molecule has 6 nitrogen and oxygen atoms in total. The molecule has 0 aliphatic heterocycles. The van der Waals surface area contributed by atoms with Gasteiger partial charge in [0.25, 0.3) is 5.56 Å². The molecule has 0 amide bonds.